The predicted molar refractivity (Wildman–Crippen MR) is 94.0 cm³/mol. The summed E-state index contributed by atoms with van der Waals surface area (Å²) < 4.78 is 12.6. The third-order valence-corrected chi connectivity index (χ3v) is 3.90. The number of benzene rings is 2. The molecule has 0 bridgehead atoms. The van der Waals surface area contributed by atoms with Crippen molar-refractivity contribution in [2.75, 3.05) is 0 Å². The molecule has 0 aliphatic carbocycles. The Morgan fingerprint density at radius 2 is 2.00 bits per heavy atom. The van der Waals surface area contributed by atoms with Crippen LogP contribution in [0.2, 0.25) is 0 Å². The summed E-state index contributed by atoms with van der Waals surface area (Å²) in [7, 11) is 0. The van der Waals surface area contributed by atoms with Crippen LogP contribution in [0.5, 0.6) is 11.5 Å². The molecule has 0 aliphatic heterocycles. The lowest BCUT2D eigenvalue weighted by Gasteiger charge is -2.07. The standard InChI is InChI=1S/C19H15N3O4/c23-17-8-15(25-12-18(17)24)10-22-9-14(20-21-22)11-26-19-7-3-5-13-4-1-2-6-16(13)19/h1-9,12,24H,10-11H2. The van der Waals surface area contributed by atoms with Gasteiger partial charge in [-0.2, -0.15) is 0 Å². The first-order valence-electron chi connectivity index (χ1n) is 7.99. The molecular weight excluding hydrogens is 334 g/mol. The van der Waals surface area contributed by atoms with Gasteiger partial charge < -0.3 is 14.3 Å². The molecule has 0 spiro atoms. The first kappa shape index (κ1) is 15.9. The number of fused-ring (bicyclic) bond motifs is 1. The van der Waals surface area contributed by atoms with Crippen LogP contribution in [-0.2, 0) is 13.2 Å². The molecule has 1 N–H and O–H groups in total. The first-order chi connectivity index (χ1) is 12.7. The van der Waals surface area contributed by atoms with Gasteiger partial charge in [0.25, 0.3) is 0 Å². The Labute approximate surface area is 148 Å². The van der Waals surface area contributed by atoms with Gasteiger partial charge in [0.05, 0.1) is 6.20 Å². The van der Waals surface area contributed by atoms with E-state index in [9.17, 15) is 9.90 Å². The van der Waals surface area contributed by atoms with E-state index in [1.807, 2.05) is 42.5 Å². The minimum absolute atomic E-state index is 0.233. The highest BCUT2D eigenvalue weighted by Gasteiger charge is 2.07. The second-order valence-corrected chi connectivity index (χ2v) is 5.77. The quantitative estimate of drug-likeness (QED) is 0.596. The van der Waals surface area contributed by atoms with Gasteiger partial charge in [0.15, 0.2) is 5.75 Å². The number of hydrogen-bond acceptors (Lipinski definition) is 6. The van der Waals surface area contributed by atoms with Gasteiger partial charge in [-0.15, -0.1) is 5.10 Å². The molecule has 4 aromatic rings. The molecule has 130 valence electrons. The van der Waals surface area contributed by atoms with Crippen molar-refractivity contribution in [2.45, 2.75) is 13.2 Å². The molecule has 7 nitrogen and oxygen atoms in total. The molecule has 2 heterocycles. The maximum atomic E-state index is 11.4. The highest BCUT2D eigenvalue weighted by Crippen LogP contribution is 2.25. The number of ether oxygens (including phenoxy) is 1. The van der Waals surface area contributed by atoms with Crippen molar-refractivity contribution in [1.29, 1.82) is 0 Å². The Kier molecular flexibility index (Phi) is 4.10. The summed E-state index contributed by atoms with van der Waals surface area (Å²) in [6, 6.07) is 15.1. The van der Waals surface area contributed by atoms with Crippen LogP contribution in [0.1, 0.15) is 11.5 Å². The van der Waals surface area contributed by atoms with Crippen molar-refractivity contribution in [3.05, 3.63) is 82.7 Å². The van der Waals surface area contributed by atoms with Gasteiger partial charge in [0.2, 0.25) is 5.43 Å². The molecule has 2 aromatic heterocycles. The smallest absolute Gasteiger partial charge is 0.226 e. The molecule has 0 atom stereocenters. The summed E-state index contributed by atoms with van der Waals surface area (Å²) in [4.78, 5) is 11.4. The number of rotatable bonds is 5. The van der Waals surface area contributed by atoms with Crippen molar-refractivity contribution in [2.24, 2.45) is 0 Å². The lowest BCUT2D eigenvalue weighted by Crippen LogP contribution is -2.05. The zero-order valence-electron chi connectivity index (χ0n) is 13.7. The largest absolute Gasteiger partial charge is 0.502 e. The van der Waals surface area contributed by atoms with Crippen LogP contribution in [0, 0.1) is 0 Å². The van der Waals surface area contributed by atoms with E-state index in [1.165, 1.54) is 10.7 Å². The Morgan fingerprint density at radius 3 is 2.88 bits per heavy atom. The van der Waals surface area contributed by atoms with E-state index in [4.69, 9.17) is 9.15 Å². The highest BCUT2D eigenvalue weighted by molar-refractivity contribution is 5.88. The van der Waals surface area contributed by atoms with E-state index in [2.05, 4.69) is 10.3 Å². The monoisotopic (exact) mass is 349 g/mol. The lowest BCUT2D eigenvalue weighted by atomic mass is 10.1. The Hall–Kier alpha value is -3.61. The summed E-state index contributed by atoms with van der Waals surface area (Å²) in [5.41, 5.74) is 0.157. The number of hydrogen-bond donors (Lipinski definition) is 1. The average molecular weight is 349 g/mol. The Bertz CT molecular complexity index is 1110. The van der Waals surface area contributed by atoms with E-state index in [-0.39, 0.29) is 13.2 Å². The van der Waals surface area contributed by atoms with Crippen LogP contribution >= 0.6 is 0 Å². The van der Waals surface area contributed by atoms with Crippen LogP contribution in [-0.4, -0.2) is 20.1 Å². The number of aromatic hydroxyl groups is 1. The van der Waals surface area contributed by atoms with E-state index in [1.54, 1.807) is 6.20 Å². The molecule has 26 heavy (non-hydrogen) atoms. The molecule has 0 fully saturated rings. The summed E-state index contributed by atoms with van der Waals surface area (Å²) >= 11 is 0. The Morgan fingerprint density at radius 1 is 1.15 bits per heavy atom. The third kappa shape index (κ3) is 3.27. The SMILES string of the molecule is O=c1cc(Cn2cc(COc3cccc4ccccc34)nn2)occ1O. The zero-order chi connectivity index (χ0) is 17.9. The molecule has 0 radical (unpaired) electrons. The fourth-order valence-corrected chi connectivity index (χ4v) is 2.64. The highest BCUT2D eigenvalue weighted by atomic mass is 16.5. The Balaban J connectivity index is 1.46. The van der Waals surface area contributed by atoms with Crippen molar-refractivity contribution in [1.82, 2.24) is 15.0 Å². The molecular formula is C19H15N3O4. The topological polar surface area (TPSA) is 90.4 Å². The first-order valence-corrected chi connectivity index (χ1v) is 7.99. The zero-order valence-corrected chi connectivity index (χ0v) is 13.7. The van der Waals surface area contributed by atoms with Gasteiger partial charge in [-0.3, -0.25) is 4.79 Å². The second-order valence-electron chi connectivity index (χ2n) is 5.77. The van der Waals surface area contributed by atoms with Crippen molar-refractivity contribution in [3.8, 4) is 11.5 Å². The van der Waals surface area contributed by atoms with Gasteiger partial charge in [0.1, 0.15) is 36.6 Å². The summed E-state index contributed by atoms with van der Waals surface area (Å²) in [6.45, 7) is 0.504. The minimum Gasteiger partial charge on any atom is -0.502 e. The summed E-state index contributed by atoms with van der Waals surface area (Å²) in [5, 5.41) is 19.4. The third-order valence-electron chi connectivity index (χ3n) is 3.90. The number of nitrogens with zero attached hydrogens (tertiary/aromatic N) is 3. The predicted octanol–water partition coefficient (Wildman–Crippen LogP) is 2.72. The number of aromatic nitrogens is 3. The van der Waals surface area contributed by atoms with E-state index in [0.29, 0.717) is 11.5 Å². The lowest BCUT2D eigenvalue weighted by molar-refractivity contribution is 0.305. The molecule has 0 aliphatic rings. The van der Waals surface area contributed by atoms with Crippen LogP contribution in [0.3, 0.4) is 0 Å². The maximum Gasteiger partial charge on any atom is 0.226 e. The molecule has 4 rings (SSSR count). The fraction of sp³-hybridized carbons (Fsp3) is 0.105. The molecule has 7 heteroatoms. The molecule has 0 saturated heterocycles. The van der Waals surface area contributed by atoms with Crippen LogP contribution in [0.4, 0.5) is 0 Å². The fourth-order valence-electron chi connectivity index (χ4n) is 2.64. The van der Waals surface area contributed by atoms with Gasteiger partial charge in [-0.1, -0.05) is 41.6 Å². The molecule has 0 amide bonds. The maximum absolute atomic E-state index is 11.4. The van der Waals surface area contributed by atoms with E-state index < -0.39 is 11.2 Å². The van der Waals surface area contributed by atoms with Gasteiger partial charge in [-0.05, 0) is 11.5 Å². The van der Waals surface area contributed by atoms with Crippen molar-refractivity contribution >= 4 is 10.8 Å². The van der Waals surface area contributed by atoms with Crippen molar-refractivity contribution < 1.29 is 14.3 Å². The van der Waals surface area contributed by atoms with Gasteiger partial charge >= 0.3 is 0 Å². The van der Waals surface area contributed by atoms with Gasteiger partial charge in [-0.25, -0.2) is 4.68 Å². The van der Waals surface area contributed by atoms with E-state index >= 15 is 0 Å². The molecule has 2 aromatic carbocycles. The molecule has 0 unspecified atom stereocenters. The summed E-state index contributed by atoms with van der Waals surface area (Å²) in [6.07, 6.45) is 2.73. The van der Waals surface area contributed by atoms with Crippen LogP contribution in [0.25, 0.3) is 10.8 Å². The average Bonchev–Trinajstić information content (AvgIpc) is 3.10. The second kappa shape index (κ2) is 6.72. The van der Waals surface area contributed by atoms with Crippen molar-refractivity contribution in [3.63, 3.8) is 0 Å². The normalized spacial score (nSPS) is 10.9. The minimum atomic E-state index is -0.495. The molecule has 0 saturated carbocycles. The van der Waals surface area contributed by atoms with Crippen LogP contribution in [0.15, 0.2) is 70.2 Å². The van der Waals surface area contributed by atoms with E-state index in [0.717, 1.165) is 22.8 Å². The van der Waals surface area contributed by atoms with Gasteiger partial charge in [0, 0.05) is 11.5 Å². The summed E-state index contributed by atoms with van der Waals surface area (Å²) in [5.74, 6) is 0.734. The van der Waals surface area contributed by atoms with Crippen LogP contribution < -0.4 is 10.2 Å².